The topological polar surface area (TPSA) is 58.6 Å². The standard InChI is InChI=1S/C22H19Cl3N4O2/c23-16-12-18(25)20(13-17(16)24)31-14-22(30)29-10-8-28(9-11-29)21-7-6-19(26-27-21)15-4-2-1-3-5-15/h1-7,12-13H,8-11,14H2. The summed E-state index contributed by atoms with van der Waals surface area (Å²) in [6, 6.07) is 16.8. The van der Waals surface area contributed by atoms with Crippen LogP contribution in [0.1, 0.15) is 0 Å². The van der Waals surface area contributed by atoms with Gasteiger partial charge in [0, 0.05) is 37.8 Å². The third kappa shape index (κ3) is 5.21. The predicted molar refractivity (Wildman–Crippen MR) is 123 cm³/mol. The maximum absolute atomic E-state index is 12.5. The van der Waals surface area contributed by atoms with E-state index in [1.807, 2.05) is 42.5 Å². The van der Waals surface area contributed by atoms with E-state index in [0.717, 1.165) is 17.1 Å². The summed E-state index contributed by atoms with van der Waals surface area (Å²) in [5.74, 6) is 1.01. The van der Waals surface area contributed by atoms with Crippen molar-refractivity contribution in [3.8, 4) is 17.0 Å². The van der Waals surface area contributed by atoms with Crippen LogP contribution in [0.5, 0.6) is 5.75 Å². The Morgan fingerprint density at radius 2 is 1.58 bits per heavy atom. The quantitative estimate of drug-likeness (QED) is 0.493. The average Bonchev–Trinajstić information content (AvgIpc) is 2.81. The molecule has 3 aromatic rings. The van der Waals surface area contributed by atoms with Crippen LogP contribution in [0.25, 0.3) is 11.3 Å². The minimum atomic E-state index is -0.122. The number of rotatable bonds is 5. The highest BCUT2D eigenvalue weighted by molar-refractivity contribution is 6.43. The number of benzene rings is 2. The third-order valence-electron chi connectivity index (χ3n) is 5.00. The van der Waals surface area contributed by atoms with Crippen LogP contribution in [0.2, 0.25) is 15.1 Å². The molecule has 1 aromatic heterocycles. The number of aromatic nitrogens is 2. The van der Waals surface area contributed by atoms with Crippen LogP contribution >= 0.6 is 34.8 Å². The maximum Gasteiger partial charge on any atom is 0.260 e. The smallest absolute Gasteiger partial charge is 0.260 e. The second-order valence-electron chi connectivity index (χ2n) is 7.00. The maximum atomic E-state index is 12.5. The van der Waals surface area contributed by atoms with E-state index in [1.54, 1.807) is 4.90 Å². The van der Waals surface area contributed by atoms with Gasteiger partial charge in [-0.25, -0.2) is 0 Å². The first-order valence-electron chi connectivity index (χ1n) is 9.70. The summed E-state index contributed by atoms with van der Waals surface area (Å²) in [4.78, 5) is 16.4. The van der Waals surface area contributed by atoms with Crippen LogP contribution in [-0.2, 0) is 4.79 Å². The second-order valence-corrected chi connectivity index (χ2v) is 8.22. The van der Waals surface area contributed by atoms with Crippen LogP contribution in [0, 0.1) is 0 Å². The van der Waals surface area contributed by atoms with Gasteiger partial charge in [-0.15, -0.1) is 10.2 Å². The minimum absolute atomic E-state index is 0.118. The first-order chi connectivity index (χ1) is 15.0. The van der Waals surface area contributed by atoms with Crippen molar-refractivity contribution < 1.29 is 9.53 Å². The van der Waals surface area contributed by atoms with Crippen LogP contribution in [0.15, 0.2) is 54.6 Å². The number of nitrogens with zero attached hydrogens (tertiary/aromatic N) is 4. The minimum Gasteiger partial charge on any atom is -0.482 e. The molecule has 6 nitrogen and oxygen atoms in total. The van der Waals surface area contributed by atoms with Gasteiger partial charge in [-0.05, 0) is 18.2 Å². The summed E-state index contributed by atoms with van der Waals surface area (Å²) in [5, 5.41) is 9.66. The molecule has 1 aliphatic heterocycles. The average molecular weight is 478 g/mol. The fraction of sp³-hybridized carbons (Fsp3) is 0.227. The van der Waals surface area contributed by atoms with Gasteiger partial charge in [-0.3, -0.25) is 4.79 Å². The van der Waals surface area contributed by atoms with Gasteiger partial charge < -0.3 is 14.5 Å². The number of halogens is 3. The number of anilines is 1. The first-order valence-corrected chi connectivity index (χ1v) is 10.8. The Morgan fingerprint density at radius 1 is 0.871 bits per heavy atom. The zero-order valence-corrected chi connectivity index (χ0v) is 18.7. The number of piperazine rings is 1. The van der Waals surface area contributed by atoms with Gasteiger partial charge in [0.15, 0.2) is 12.4 Å². The van der Waals surface area contributed by atoms with Crippen LogP contribution < -0.4 is 9.64 Å². The predicted octanol–water partition coefficient (Wildman–Crippen LogP) is 4.83. The van der Waals surface area contributed by atoms with E-state index >= 15 is 0 Å². The summed E-state index contributed by atoms with van der Waals surface area (Å²) in [7, 11) is 0. The third-order valence-corrected chi connectivity index (χ3v) is 6.02. The van der Waals surface area contributed by atoms with E-state index < -0.39 is 0 Å². The lowest BCUT2D eigenvalue weighted by atomic mass is 10.1. The van der Waals surface area contributed by atoms with Gasteiger partial charge in [0.25, 0.3) is 5.91 Å². The van der Waals surface area contributed by atoms with Gasteiger partial charge in [0.05, 0.1) is 20.8 Å². The van der Waals surface area contributed by atoms with Crippen molar-refractivity contribution in [2.75, 3.05) is 37.7 Å². The monoisotopic (exact) mass is 476 g/mol. The van der Waals surface area contributed by atoms with Gasteiger partial charge in [0.2, 0.25) is 0 Å². The summed E-state index contributed by atoms with van der Waals surface area (Å²) in [6.07, 6.45) is 0. The molecule has 0 N–H and O–H groups in total. The summed E-state index contributed by atoms with van der Waals surface area (Å²) in [6.45, 7) is 2.35. The Labute approximate surface area is 195 Å². The normalized spacial score (nSPS) is 13.9. The molecule has 0 aliphatic carbocycles. The van der Waals surface area contributed by atoms with Crippen LogP contribution in [0.4, 0.5) is 5.82 Å². The van der Waals surface area contributed by atoms with Gasteiger partial charge in [-0.2, -0.15) is 0 Å². The molecule has 160 valence electrons. The Bertz CT molecular complexity index is 1060. The molecule has 1 saturated heterocycles. The molecular weight excluding hydrogens is 459 g/mol. The molecule has 0 unspecified atom stereocenters. The highest BCUT2D eigenvalue weighted by Gasteiger charge is 2.23. The molecule has 1 amide bonds. The molecule has 2 aromatic carbocycles. The highest BCUT2D eigenvalue weighted by Crippen LogP contribution is 2.33. The second kappa shape index (κ2) is 9.73. The molecule has 31 heavy (non-hydrogen) atoms. The van der Waals surface area contributed by atoms with E-state index in [2.05, 4.69) is 15.1 Å². The van der Waals surface area contributed by atoms with E-state index in [0.29, 0.717) is 47.0 Å². The molecule has 0 spiro atoms. The molecule has 0 saturated carbocycles. The summed E-state index contributed by atoms with van der Waals surface area (Å²) < 4.78 is 5.55. The van der Waals surface area contributed by atoms with Crippen molar-refractivity contribution in [3.05, 3.63) is 69.7 Å². The zero-order chi connectivity index (χ0) is 21.8. The molecule has 2 heterocycles. The Hall–Kier alpha value is -2.54. The Morgan fingerprint density at radius 3 is 2.26 bits per heavy atom. The molecule has 4 rings (SSSR count). The Balaban J connectivity index is 1.30. The summed E-state index contributed by atoms with van der Waals surface area (Å²) >= 11 is 18.0. The highest BCUT2D eigenvalue weighted by atomic mass is 35.5. The van der Waals surface area contributed by atoms with E-state index in [4.69, 9.17) is 39.5 Å². The molecule has 0 atom stereocenters. The van der Waals surface area contributed by atoms with Gasteiger partial charge in [-0.1, -0.05) is 65.1 Å². The number of carbonyl (C=O) groups excluding carboxylic acids is 1. The molecule has 1 fully saturated rings. The Kier molecular flexibility index (Phi) is 6.80. The van der Waals surface area contributed by atoms with Gasteiger partial charge in [0.1, 0.15) is 5.75 Å². The lowest BCUT2D eigenvalue weighted by molar-refractivity contribution is -0.133. The molecule has 0 radical (unpaired) electrons. The number of hydrogen-bond donors (Lipinski definition) is 0. The summed E-state index contributed by atoms with van der Waals surface area (Å²) in [5.41, 5.74) is 1.86. The van der Waals surface area contributed by atoms with Gasteiger partial charge >= 0.3 is 0 Å². The largest absolute Gasteiger partial charge is 0.482 e. The van der Waals surface area contributed by atoms with Crippen molar-refractivity contribution in [2.24, 2.45) is 0 Å². The zero-order valence-electron chi connectivity index (χ0n) is 16.5. The van der Waals surface area contributed by atoms with E-state index in [-0.39, 0.29) is 12.5 Å². The van der Waals surface area contributed by atoms with E-state index in [9.17, 15) is 4.79 Å². The lowest BCUT2D eigenvalue weighted by Crippen LogP contribution is -2.50. The number of amides is 1. The number of hydrogen-bond acceptors (Lipinski definition) is 5. The number of carbonyl (C=O) groups is 1. The van der Waals surface area contributed by atoms with E-state index in [1.165, 1.54) is 12.1 Å². The molecule has 1 aliphatic rings. The van der Waals surface area contributed by atoms with Crippen molar-refractivity contribution in [1.29, 1.82) is 0 Å². The van der Waals surface area contributed by atoms with Crippen LogP contribution in [0.3, 0.4) is 0 Å². The fourth-order valence-electron chi connectivity index (χ4n) is 3.29. The van der Waals surface area contributed by atoms with Crippen molar-refractivity contribution in [2.45, 2.75) is 0 Å². The lowest BCUT2D eigenvalue weighted by Gasteiger charge is -2.35. The molecule has 0 bridgehead atoms. The van der Waals surface area contributed by atoms with Crippen molar-refractivity contribution >= 4 is 46.5 Å². The van der Waals surface area contributed by atoms with Crippen molar-refractivity contribution in [1.82, 2.24) is 15.1 Å². The van der Waals surface area contributed by atoms with Crippen molar-refractivity contribution in [3.63, 3.8) is 0 Å². The molecule has 9 heteroatoms. The SMILES string of the molecule is O=C(COc1cc(Cl)c(Cl)cc1Cl)N1CCN(c2ccc(-c3ccccc3)nn2)CC1. The first kappa shape index (κ1) is 21.7. The van der Waals surface area contributed by atoms with Crippen LogP contribution in [-0.4, -0.2) is 53.8 Å². The fourth-order valence-corrected chi connectivity index (χ4v) is 3.88. The number of ether oxygens (including phenoxy) is 1. The molecular formula is C22H19Cl3N4O2.